The summed E-state index contributed by atoms with van der Waals surface area (Å²) in [6, 6.07) is 10.7. The van der Waals surface area contributed by atoms with Crippen LogP contribution in [0.2, 0.25) is 0 Å². The number of fused-ring (bicyclic) bond motifs is 1. The SMILES string of the molecule is CCn1c(NNC(=O)CCCC(=O)c2cccs2)nc2ccccc2c1=O. The van der Waals surface area contributed by atoms with Crippen molar-refractivity contribution in [1.82, 2.24) is 15.0 Å². The van der Waals surface area contributed by atoms with E-state index in [1.807, 2.05) is 18.4 Å². The molecule has 0 spiro atoms. The van der Waals surface area contributed by atoms with Gasteiger partial charge >= 0.3 is 0 Å². The first-order valence-electron chi connectivity index (χ1n) is 8.71. The number of para-hydroxylation sites is 1. The number of thiophene rings is 1. The second-order valence-electron chi connectivity index (χ2n) is 5.93. The lowest BCUT2D eigenvalue weighted by Crippen LogP contribution is -2.34. The van der Waals surface area contributed by atoms with Gasteiger partial charge in [0.1, 0.15) is 0 Å². The Kier molecular flexibility index (Phi) is 5.97. The zero-order chi connectivity index (χ0) is 19.2. The lowest BCUT2D eigenvalue weighted by Gasteiger charge is -2.13. The molecule has 0 aliphatic carbocycles. The Morgan fingerprint density at radius 2 is 1.96 bits per heavy atom. The fourth-order valence-corrected chi connectivity index (χ4v) is 3.41. The van der Waals surface area contributed by atoms with Gasteiger partial charge in [-0.05, 0) is 36.9 Å². The van der Waals surface area contributed by atoms with Crippen LogP contribution in [-0.2, 0) is 11.3 Å². The number of hydrogen-bond donors (Lipinski definition) is 2. The molecule has 1 aromatic carbocycles. The molecule has 0 saturated heterocycles. The van der Waals surface area contributed by atoms with Crippen LogP contribution in [0.4, 0.5) is 5.95 Å². The van der Waals surface area contributed by atoms with Crippen molar-refractivity contribution >= 4 is 39.9 Å². The number of aromatic nitrogens is 2. The van der Waals surface area contributed by atoms with Gasteiger partial charge in [-0.25, -0.2) is 4.98 Å². The zero-order valence-electron chi connectivity index (χ0n) is 14.9. The summed E-state index contributed by atoms with van der Waals surface area (Å²) < 4.78 is 1.46. The van der Waals surface area contributed by atoms with Crippen LogP contribution in [0.15, 0.2) is 46.6 Å². The molecule has 2 heterocycles. The number of hydrogen-bond acceptors (Lipinski definition) is 6. The Labute approximate surface area is 160 Å². The first kappa shape index (κ1) is 18.8. The predicted octanol–water partition coefficient (Wildman–Crippen LogP) is 2.97. The monoisotopic (exact) mass is 384 g/mol. The third-order valence-electron chi connectivity index (χ3n) is 4.10. The van der Waals surface area contributed by atoms with Crippen molar-refractivity contribution in [3.63, 3.8) is 0 Å². The van der Waals surface area contributed by atoms with Crippen LogP contribution in [0.1, 0.15) is 35.9 Å². The van der Waals surface area contributed by atoms with Crippen LogP contribution < -0.4 is 16.4 Å². The van der Waals surface area contributed by atoms with Gasteiger partial charge in [0, 0.05) is 19.4 Å². The van der Waals surface area contributed by atoms with E-state index in [4.69, 9.17) is 0 Å². The Balaban J connectivity index is 1.58. The summed E-state index contributed by atoms with van der Waals surface area (Å²) >= 11 is 1.40. The summed E-state index contributed by atoms with van der Waals surface area (Å²) in [6.07, 6.45) is 0.978. The molecule has 0 bridgehead atoms. The van der Waals surface area contributed by atoms with E-state index < -0.39 is 0 Å². The molecule has 0 fully saturated rings. The Morgan fingerprint density at radius 1 is 1.15 bits per heavy atom. The van der Waals surface area contributed by atoms with Crippen LogP contribution in [0.25, 0.3) is 10.9 Å². The van der Waals surface area contributed by atoms with E-state index in [1.54, 1.807) is 30.3 Å². The van der Waals surface area contributed by atoms with Crippen molar-refractivity contribution < 1.29 is 9.59 Å². The molecule has 0 atom stereocenters. The third kappa shape index (κ3) is 4.40. The molecule has 7 nitrogen and oxygen atoms in total. The fraction of sp³-hybridized carbons (Fsp3) is 0.263. The summed E-state index contributed by atoms with van der Waals surface area (Å²) in [7, 11) is 0. The average molecular weight is 384 g/mol. The molecular weight excluding hydrogens is 364 g/mol. The first-order chi connectivity index (χ1) is 13.1. The second-order valence-corrected chi connectivity index (χ2v) is 6.88. The van der Waals surface area contributed by atoms with Crippen molar-refractivity contribution in [2.45, 2.75) is 32.7 Å². The van der Waals surface area contributed by atoms with E-state index in [0.717, 1.165) is 0 Å². The van der Waals surface area contributed by atoms with Gasteiger partial charge < -0.3 is 0 Å². The number of rotatable bonds is 8. The topological polar surface area (TPSA) is 93.1 Å². The highest BCUT2D eigenvalue weighted by atomic mass is 32.1. The second kappa shape index (κ2) is 8.59. The number of amides is 1. The van der Waals surface area contributed by atoms with Crippen LogP contribution in [-0.4, -0.2) is 21.2 Å². The number of anilines is 1. The molecule has 1 amide bonds. The lowest BCUT2D eigenvalue weighted by molar-refractivity contribution is -0.120. The van der Waals surface area contributed by atoms with E-state index in [1.165, 1.54) is 15.9 Å². The average Bonchev–Trinajstić information content (AvgIpc) is 3.21. The minimum absolute atomic E-state index is 0.0433. The van der Waals surface area contributed by atoms with Gasteiger partial charge in [0.25, 0.3) is 5.56 Å². The molecule has 2 aromatic heterocycles. The van der Waals surface area contributed by atoms with Crippen LogP contribution >= 0.6 is 11.3 Å². The lowest BCUT2D eigenvalue weighted by atomic mass is 10.1. The number of ketones is 1. The van der Waals surface area contributed by atoms with Gasteiger partial charge in [-0.3, -0.25) is 29.8 Å². The Bertz CT molecular complexity index is 1010. The third-order valence-corrected chi connectivity index (χ3v) is 5.01. The highest BCUT2D eigenvalue weighted by Crippen LogP contribution is 2.13. The highest BCUT2D eigenvalue weighted by Gasteiger charge is 2.11. The van der Waals surface area contributed by atoms with Gasteiger partial charge in [-0.15, -0.1) is 11.3 Å². The molecule has 27 heavy (non-hydrogen) atoms. The molecule has 3 aromatic rings. The largest absolute Gasteiger partial charge is 0.293 e. The quantitative estimate of drug-likeness (QED) is 0.460. The fourth-order valence-electron chi connectivity index (χ4n) is 2.71. The van der Waals surface area contributed by atoms with Gasteiger partial charge in [-0.2, -0.15) is 0 Å². The van der Waals surface area contributed by atoms with E-state index in [0.29, 0.717) is 35.2 Å². The summed E-state index contributed by atoms with van der Waals surface area (Å²) in [5.74, 6) is 0.0602. The van der Waals surface area contributed by atoms with Crippen molar-refractivity contribution in [1.29, 1.82) is 0 Å². The van der Waals surface area contributed by atoms with Crippen LogP contribution in [0, 0.1) is 0 Å². The van der Waals surface area contributed by atoms with Crippen molar-refractivity contribution in [3.8, 4) is 0 Å². The Morgan fingerprint density at radius 3 is 2.70 bits per heavy atom. The molecule has 0 aliphatic heterocycles. The Hall–Kier alpha value is -3.00. The molecule has 0 radical (unpaired) electrons. The minimum Gasteiger partial charge on any atom is -0.293 e. The molecule has 140 valence electrons. The normalized spacial score (nSPS) is 10.7. The highest BCUT2D eigenvalue weighted by molar-refractivity contribution is 7.12. The van der Waals surface area contributed by atoms with Gasteiger partial charge in [-0.1, -0.05) is 18.2 Å². The standard InChI is InChI=1S/C19H20N4O3S/c1-2-23-18(26)13-7-3-4-8-14(13)20-19(23)22-21-17(25)11-5-9-15(24)16-10-6-12-27-16/h3-4,6-8,10,12H,2,5,9,11H2,1H3,(H,20,22)(H,21,25). The van der Waals surface area contributed by atoms with Crippen molar-refractivity contribution in [2.75, 3.05) is 5.43 Å². The maximum atomic E-state index is 12.5. The number of nitrogens with one attached hydrogen (secondary N) is 2. The van der Waals surface area contributed by atoms with Gasteiger partial charge in [0.15, 0.2) is 5.78 Å². The number of benzene rings is 1. The first-order valence-corrected chi connectivity index (χ1v) is 9.59. The predicted molar refractivity (Wildman–Crippen MR) is 106 cm³/mol. The van der Waals surface area contributed by atoms with E-state index >= 15 is 0 Å². The van der Waals surface area contributed by atoms with E-state index in [9.17, 15) is 14.4 Å². The van der Waals surface area contributed by atoms with E-state index in [-0.39, 0.29) is 29.6 Å². The molecule has 0 aliphatic rings. The van der Waals surface area contributed by atoms with Crippen molar-refractivity contribution in [3.05, 3.63) is 57.0 Å². The number of carbonyl (C=O) groups is 2. The van der Waals surface area contributed by atoms with Crippen LogP contribution in [0.3, 0.4) is 0 Å². The number of nitrogens with zero attached hydrogens (tertiary/aromatic N) is 2. The molecule has 0 saturated carbocycles. The molecule has 2 N–H and O–H groups in total. The summed E-state index contributed by atoms with van der Waals surface area (Å²) in [5, 5.41) is 2.39. The summed E-state index contributed by atoms with van der Waals surface area (Å²) in [4.78, 5) is 41.6. The maximum absolute atomic E-state index is 12.5. The number of Topliss-reactive ketones (excluding diaryl/α,β-unsaturated/α-hetero) is 1. The van der Waals surface area contributed by atoms with Crippen molar-refractivity contribution in [2.24, 2.45) is 0 Å². The number of hydrazine groups is 1. The smallest absolute Gasteiger partial charge is 0.262 e. The van der Waals surface area contributed by atoms with Gasteiger partial charge in [0.2, 0.25) is 11.9 Å². The van der Waals surface area contributed by atoms with Crippen LogP contribution in [0.5, 0.6) is 0 Å². The van der Waals surface area contributed by atoms with E-state index in [2.05, 4.69) is 15.8 Å². The maximum Gasteiger partial charge on any atom is 0.262 e. The molecule has 3 rings (SSSR count). The summed E-state index contributed by atoms with van der Waals surface area (Å²) in [5.41, 5.74) is 5.68. The number of carbonyl (C=O) groups excluding carboxylic acids is 2. The molecule has 8 heteroatoms. The zero-order valence-corrected chi connectivity index (χ0v) is 15.7. The molecular formula is C19H20N4O3S. The molecule has 0 unspecified atom stereocenters. The summed E-state index contributed by atoms with van der Waals surface area (Å²) in [6.45, 7) is 2.26. The minimum atomic E-state index is -0.265. The van der Waals surface area contributed by atoms with Gasteiger partial charge in [0.05, 0.1) is 15.8 Å².